The molecule has 0 aliphatic heterocycles. The molecular formula is C24H21BrN6O2S. The summed E-state index contributed by atoms with van der Waals surface area (Å²) in [6.07, 6.45) is 4.06. The van der Waals surface area contributed by atoms with Gasteiger partial charge in [0.05, 0.1) is 11.5 Å². The van der Waals surface area contributed by atoms with E-state index in [1.54, 1.807) is 36.7 Å². The highest BCUT2D eigenvalue weighted by molar-refractivity contribution is 9.10. The summed E-state index contributed by atoms with van der Waals surface area (Å²) in [5.41, 5.74) is 5.86. The Balaban J connectivity index is 1.52. The number of aromatic hydroxyl groups is 1. The number of amides is 1. The number of carbonyl (C=O) groups excluding carboxylic acids is 1. The van der Waals surface area contributed by atoms with Crippen molar-refractivity contribution in [2.45, 2.75) is 18.5 Å². The molecule has 8 nitrogen and oxygen atoms in total. The average molecular weight is 537 g/mol. The minimum atomic E-state index is -0.261. The van der Waals surface area contributed by atoms with Crippen molar-refractivity contribution in [3.63, 3.8) is 0 Å². The first-order valence-corrected chi connectivity index (χ1v) is 12.2. The molecule has 0 aliphatic rings. The molecule has 2 N–H and O–H groups in total. The summed E-state index contributed by atoms with van der Waals surface area (Å²) < 4.78 is 2.86. The third-order valence-corrected chi connectivity index (χ3v) is 6.28. The van der Waals surface area contributed by atoms with Gasteiger partial charge in [0.15, 0.2) is 11.0 Å². The van der Waals surface area contributed by atoms with Gasteiger partial charge in [0.1, 0.15) is 5.75 Å². The minimum Gasteiger partial charge on any atom is -0.508 e. The van der Waals surface area contributed by atoms with E-state index in [1.165, 1.54) is 11.8 Å². The molecule has 2 heterocycles. The summed E-state index contributed by atoms with van der Waals surface area (Å²) >= 11 is 4.73. The van der Waals surface area contributed by atoms with Crippen LogP contribution in [0.5, 0.6) is 5.75 Å². The molecule has 0 bridgehead atoms. The van der Waals surface area contributed by atoms with Gasteiger partial charge in [0, 0.05) is 28.1 Å². The number of pyridine rings is 1. The van der Waals surface area contributed by atoms with E-state index in [4.69, 9.17) is 0 Å². The van der Waals surface area contributed by atoms with Gasteiger partial charge in [0.2, 0.25) is 0 Å². The number of phenols is 1. The van der Waals surface area contributed by atoms with Gasteiger partial charge in [-0.15, -0.1) is 10.2 Å². The second kappa shape index (κ2) is 11.1. The Kier molecular flexibility index (Phi) is 7.71. The Hall–Kier alpha value is -3.50. The molecule has 0 radical (unpaired) electrons. The first-order valence-electron chi connectivity index (χ1n) is 10.4. The smallest absolute Gasteiger partial charge is 0.250 e. The molecule has 10 heteroatoms. The van der Waals surface area contributed by atoms with Crippen molar-refractivity contribution in [2.24, 2.45) is 5.10 Å². The topological polar surface area (TPSA) is 105 Å². The summed E-state index contributed by atoms with van der Waals surface area (Å²) in [5, 5.41) is 23.0. The maximum atomic E-state index is 12.5. The van der Waals surface area contributed by atoms with Gasteiger partial charge >= 0.3 is 0 Å². The molecule has 0 saturated carbocycles. The van der Waals surface area contributed by atoms with Crippen molar-refractivity contribution in [3.05, 3.63) is 83.1 Å². The van der Waals surface area contributed by atoms with Crippen LogP contribution in [-0.2, 0) is 4.79 Å². The molecule has 4 rings (SSSR count). The largest absolute Gasteiger partial charge is 0.508 e. The Bertz CT molecular complexity index is 1290. The zero-order valence-electron chi connectivity index (χ0n) is 18.2. The highest BCUT2D eigenvalue weighted by Gasteiger charge is 2.17. The summed E-state index contributed by atoms with van der Waals surface area (Å²) in [4.78, 5) is 16.7. The summed E-state index contributed by atoms with van der Waals surface area (Å²) in [7, 11) is 0. The lowest BCUT2D eigenvalue weighted by atomic mass is 10.1. The van der Waals surface area contributed by atoms with Crippen LogP contribution >= 0.6 is 27.7 Å². The van der Waals surface area contributed by atoms with Gasteiger partial charge in [0.25, 0.3) is 5.91 Å². The molecule has 4 aromatic rings. The number of phenolic OH excluding ortho intramolecular Hbond substituents is 1. The Morgan fingerprint density at radius 3 is 2.56 bits per heavy atom. The van der Waals surface area contributed by atoms with Crippen LogP contribution in [0.4, 0.5) is 0 Å². The number of benzene rings is 2. The fourth-order valence-corrected chi connectivity index (χ4v) is 4.17. The number of nitrogens with zero attached hydrogens (tertiary/aromatic N) is 5. The molecule has 0 unspecified atom stereocenters. The van der Waals surface area contributed by atoms with Gasteiger partial charge < -0.3 is 5.11 Å². The van der Waals surface area contributed by atoms with Crippen LogP contribution in [0.2, 0.25) is 0 Å². The van der Waals surface area contributed by atoms with Gasteiger partial charge in [-0.3, -0.25) is 14.3 Å². The first kappa shape index (κ1) is 23.7. The Labute approximate surface area is 209 Å². The van der Waals surface area contributed by atoms with Crippen molar-refractivity contribution in [2.75, 3.05) is 5.75 Å². The SMILES string of the molecule is CCC(=NNC(=O)CSc1nnc(-c2cccnc2)n1-c1ccc(Br)cc1)c1ccc(O)cc1. The predicted octanol–water partition coefficient (Wildman–Crippen LogP) is 4.82. The van der Waals surface area contributed by atoms with E-state index < -0.39 is 0 Å². The zero-order chi connectivity index (χ0) is 23.9. The quantitative estimate of drug-likeness (QED) is 0.190. The van der Waals surface area contributed by atoms with E-state index in [9.17, 15) is 9.90 Å². The maximum Gasteiger partial charge on any atom is 0.250 e. The molecule has 2 aromatic heterocycles. The van der Waals surface area contributed by atoms with Gasteiger partial charge in [-0.2, -0.15) is 5.10 Å². The lowest BCUT2D eigenvalue weighted by Crippen LogP contribution is -2.22. The number of nitrogens with one attached hydrogen (secondary N) is 1. The van der Waals surface area contributed by atoms with Crippen molar-refractivity contribution in [1.29, 1.82) is 0 Å². The van der Waals surface area contributed by atoms with E-state index in [-0.39, 0.29) is 17.4 Å². The third-order valence-electron chi connectivity index (χ3n) is 4.82. The maximum absolute atomic E-state index is 12.5. The number of halogens is 1. The average Bonchev–Trinajstić information content (AvgIpc) is 3.29. The van der Waals surface area contributed by atoms with Crippen molar-refractivity contribution in [3.8, 4) is 22.8 Å². The molecule has 2 aromatic carbocycles. The van der Waals surface area contributed by atoms with Crippen LogP contribution in [0, 0.1) is 0 Å². The van der Waals surface area contributed by atoms with Crippen LogP contribution < -0.4 is 5.43 Å². The third kappa shape index (κ3) is 5.70. The lowest BCUT2D eigenvalue weighted by molar-refractivity contribution is -0.118. The van der Waals surface area contributed by atoms with E-state index >= 15 is 0 Å². The Morgan fingerprint density at radius 2 is 1.88 bits per heavy atom. The van der Waals surface area contributed by atoms with Crippen LogP contribution in [0.3, 0.4) is 0 Å². The molecule has 1 amide bonds. The summed E-state index contributed by atoms with van der Waals surface area (Å²) in [6, 6.07) is 18.2. The molecule has 0 saturated heterocycles. The van der Waals surface area contributed by atoms with Crippen LogP contribution in [0.1, 0.15) is 18.9 Å². The summed E-state index contributed by atoms with van der Waals surface area (Å²) in [5.74, 6) is 0.665. The highest BCUT2D eigenvalue weighted by atomic mass is 79.9. The minimum absolute atomic E-state index is 0.109. The van der Waals surface area contributed by atoms with Crippen molar-refractivity contribution < 1.29 is 9.90 Å². The zero-order valence-corrected chi connectivity index (χ0v) is 20.6. The number of thioether (sulfide) groups is 1. The first-order chi connectivity index (χ1) is 16.5. The fourth-order valence-electron chi connectivity index (χ4n) is 3.16. The number of rotatable bonds is 8. The van der Waals surface area contributed by atoms with Crippen LogP contribution in [0.15, 0.2) is 87.8 Å². The number of carbonyl (C=O) groups is 1. The molecule has 34 heavy (non-hydrogen) atoms. The normalized spacial score (nSPS) is 11.4. The molecular weight excluding hydrogens is 516 g/mol. The van der Waals surface area contributed by atoms with Gasteiger partial charge in [-0.05, 0) is 72.6 Å². The van der Waals surface area contributed by atoms with E-state index in [1.807, 2.05) is 47.9 Å². The van der Waals surface area contributed by atoms with Crippen LogP contribution in [-0.4, -0.2) is 42.2 Å². The standard InChI is InChI=1S/C24H21BrN6O2S/c1-2-21(16-5-11-20(32)12-6-16)27-28-22(33)15-34-24-30-29-23(17-4-3-13-26-14-17)31(24)19-9-7-18(25)8-10-19/h3-14,32H,2,15H2,1H3,(H,28,33). The predicted molar refractivity (Wildman–Crippen MR) is 136 cm³/mol. The molecule has 172 valence electrons. The molecule has 0 fully saturated rings. The lowest BCUT2D eigenvalue weighted by Gasteiger charge is -2.10. The molecule has 0 aliphatic carbocycles. The number of hydrogen-bond donors (Lipinski definition) is 2. The molecule has 0 spiro atoms. The monoisotopic (exact) mass is 536 g/mol. The highest BCUT2D eigenvalue weighted by Crippen LogP contribution is 2.28. The number of aromatic nitrogens is 4. The van der Waals surface area contributed by atoms with E-state index in [0.29, 0.717) is 17.4 Å². The number of hydrazone groups is 1. The van der Waals surface area contributed by atoms with E-state index in [0.717, 1.165) is 27.0 Å². The van der Waals surface area contributed by atoms with Gasteiger partial charge in [-0.25, -0.2) is 5.43 Å². The molecule has 0 atom stereocenters. The van der Waals surface area contributed by atoms with Crippen LogP contribution in [0.25, 0.3) is 17.1 Å². The van der Waals surface area contributed by atoms with Crippen molar-refractivity contribution in [1.82, 2.24) is 25.2 Å². The summed E-state index contributed by atoms with van der Waals surface area (Å²) in [6.45, 7) is 1.95. The number of hydrogen-bond acceptors (Lipinski definition) is 7. The second-order valence-corrected chi connectivity index (χ2v) is 9.00. The second-order valence-electron chi connectivity index (χ2n) is 7.14. The Morgan fingerprint density at radius 1 is 1.12 bits per heavy atom. The van der Waals surface area contributed by atoms with Gasteiger partial charge in [-0.1, -0.05) is 34.6 Å². The van der Waals surface area contributed by atoms with E-state index in [2.05, 4.69) is 41.6 Å². The fraction of sp³-hybridized carbons (Fsp3) is 0.125. The van der Waals surface area contributed by atoms with Crippen molar-refractivity contribution >= 4 is 39.3 Å².